The molecule has 1 saturated heterocycles. The zero-order valence-electron chi connectivity index (χ0n) is 19.2. The van der Waals surface area contributed by atoms with Crippen LogP contribution in [0.5, 0.6) is 0 Å². The van der Waals surface area contributed by atoms with Crippen molar-refractivity contribution in [3.63, 3.8) is 0 Å². The van der Waals surface area contributed by atoms with Crippen LogP contribution in [0, 0.1) is 0 Å². The second-order valence-corrected chi connectivity index (χ2v) is 10.2. The molecule has 2 atom stereocenters. The van der Waals surface area contributed by atoms with Gasteiger partial charge in [-0.15, -0.1) is 23.7 Å². The van der Waals surface area contributed by atoms with Gasteiger partial charge in [-0.3, -0.25) is 14.5 Å². The van der Waals surface area contributed by atoms with Gasteiger partial charge in [0.25, 0.3) is 11.8 Å². The van der Waals surface area contributed by atoms with E-state index in [9.17, 15) is 9.59 Å². The molecule has 2 amide bonds. The molecule has 3 aromatic rings. The summed E-state index contributed by atoms with van der Waals surface area (Å²) in [7, 11) is 0. The zero-order chi connectivity index (χ0) is 23.5. The van der Waals surface area contributed by atoms with Crippen LogP contribution >= 0.6 is 35.3 Å². The average Bonchev–Trinajstić information content (AvgIpc) is 3.48. The highest BCUT2D eigenvalue weighted by Gasteiger charge is 2.29. The third-order valence-electron chi connectivity index (χ3n) is 6.46. The number of nitrogens with one attached hydrogen (secondary N) is 3. The van der Waals surface area contributed by atoms with E-state index in [1.54, 1.807) is 12.1 Å². The molecule has 1 aliphatic carbocycles. The highest BCUT2D eigenvalue weighted by Crippen LogP contribution is 2.23. The fourth-order valence-corrected chi connectivity index (χ4v) is 5.54. The van der Waals surface area contributed by atoms with Crippen LogP contribution in [0.15, 0.2) is 29.6 Å². The van der Waals surface area contributed by atoms with Crippen molar-refractivity contribution < 1.29 is 14.3 Å². The number of ether oxygens (including phenoxy) is 1. The number of hydrogen-bond donors (Lipinski definition) is 3. The van der Waals surface area contributed by atoms with Gasteiger partial charge in [0.1, 0.15) is 5.69 Å². The highest BCUT2D eigenvalue weighted by atomic mass is 35.5. The average molecular weight is 539 g/mol. The lowest BCUT2D eigenvalue weighted by Crippen LogP contribution is -2.53. The van der Waals surface area contributed by atoms with E-state index in [4.69, 9.17) is 16.3 Å². The number of nitrogens with zero attached hydrogens (tertiary/aromatic N) is 2. The Hall–Kier alpha value is -2.17. The van der Waals surface area contributed by atoms with Gasteiger partial charge in [0.05, 0.1) is 18.9 Å². The Morgan fingerprint density at radius 2 is 1.83 bits per heavy atom. The normalized spacial score (nSPS) is 20.8. The minimum Gasteiger partial charge on any atom is -0.379 e. The number of amides is 2. The van der Waals surface area contributed by atoms with Crippen molar-refractivity contribution in [2.45, 2.75) is 44.3 Å². The summed E-state index contributed by atoms with van der Waals surface area (Å²) in [6.07, 6.45) is 3.68. The standard InChI is InChI=1S/C24H28ClN5O3S.ClH/c25-16-5-6-18-15(11-16)12-21(27-18)22(31)28-19-3-1-2-4-20(19)29-23(32)24-26-17(14-34-24)13-30-7-9-33-10-8-30;/h5-6,11-12,14,19-20,27H,1-4,7-10,13H2,(H,28,31)(H,29,32);1H/t19-,20+;/m0./s1. The van der Waals surface area contributed by atoms with E-state index >= 15 is 0 Å². The number of aromatic amines is 1. The van der Waals surface area contributed by atoms with Crippen molar-refractivity contribution in [1.29, 1.82) is 0 Å². The molecule has 0 spiro atoms. The molecule has 1 saturated carbocycles. The number of carbonyl (C=O) groups is 2. The van der Waals surface area contributed by atoms with E-state index < -0.39 is 0 Å². The first-order chi connectivity index (χ1) is 16.5. The third kappa shape index (κ3) is 6.34. The van der Waals surface area contributed by atoms with Gasteiger partial charge in [0, 0.05) is 53.0 Å². The summed E-state index contributed by atoms with van der Waals surface area (Å²) >= 11 is 7.43. The van der Waals surface area contributed by atoms with Crippen LogP contribution in [-0.4, -0.2) is 65.1 Å². The Morgan fingerprint density at radius 3 is 2.57 bits per heavy atom. The molecule has 35 heavy (non-hydrogen) atoms. The fraction of sp³-hybridized carbons (Fsp3) is 0.458. The summed E-state index contributed by atoms with van der Waals surface area (Å²) < 4.78 is 5.39. The van der Waals surface area contributed by atoms with Gasteiger partial charge in [0.2, 0.25) is 0 Å². The number of hydrogen-bond acceptors (Lipinski definition) is 6. The summed E-state index contributed by atoms with van der Waals surface area (Å²) in [5.41, 5.74) is 2.25. The highest BCUT2D eigenvalue weighted by molar-refractivity contribution is 7.11. The first kappa shape index (κ1) is 25.9. The number of H-pyrrole nitrogens is 1. The quantitative estimate of drug-likeness (QED) is 0.441. The Labute approximate surface area is 219 Å². The van der Waals surface area contributed by atoms with E-state index in [0.717, 1.165) is 75.1 Å². The van der Waals surface area contributed by atoms with Gasteiger partial charge in [-0.25, -0.2) is 4.98 Å². The number of thiazole rings is 1. The second-order valence-electron chi connectivity index (χ2n) is 8.89. The summed E-state index contributed by atoms with van der Waals surface area (Å²) in [6, 6.07) is 7.02. The van der Waals surface area contributed by atoms with Gasteiger partial charge in [-0.2, -0.15) is 0 Å². The molecule has 0 unspecified atom stereocenters. The van der Waals surface area contributed by atoms with Gasteiger partial charge < -0.3 is 20.4 Å². The maximum Gasteiger partial charge on any atom is 0.280 e. The lowest BCUT2D eigenvalue weighted by atomic mass is 9.90. The molecule has 2 aromatic heterocycles. The molecule has 5 rings (SSSR count). The molecule has 0 bridgehead atoms. The summed E-state index contributed by atoms with van der Waals surface area (Å²) in [5, 5.41) is 10.2. The number of halogens is 2. The number of morpholine rings is 1. The summed E-state index contributed by atoms with van der Waals surface area (Å²) in [6.45, 7) is 3.96. The van der Waals surface area contributed by atoms with Gasteiger partial charge >= 0.3 is 0 Å². The molecule has 1 aliphatic heterocycles. The SMILES string of the molecule is Cl.O=C(N[C@H]1CCCC[C@H]1NC(=O)c1nc(CN2CCOCC2)cs1)c1cc2cc(Cl)ccc2[nH]1. The predicted octanol–water partition coefficient (Wildman–Crippen LogP) is 4.00. The number of rotatable bonds is 6. The predicted molar refractivity (Wildman–Crippen MR) is 140 cm³/mol. The lowest BCUT2D eigenvalue weighted by Gasteiger charge is -2.32. The van der Waals surface area contributed by atoms with Gasteiger partial charge in [-0.1, -0.05) is 24.4 Å². The maximum absolute atomic E-state index is 12.9. The zero-order valence-corrected chi connectivity index (χ0v) is 21.6. The Balaban J connectivity index is 0.00000289. The van der Waals surface area contributed by atoms with E-state index in [-0.39, 0.29) is 36.3 Å². The van der Waals surface area contributed by atoms with Gasteiger partial charge in [-0.05, 0) is 37.1 Å². The lowest BCUT2D eigenvalue weighted by molar-refractivity contribution is 0.0337. The van der Waals surface area contributed by atoms with Crippen molar-refractivity contribution in [1.82, 2.24) is 25.5 Å². The molecule has 3 heterocycles. The van der Waals surface area contributed by atoms with Crippen molar-refractivity contribution in [2.24, 2.45) is 0 Å². The van der Waals surface area contributed by atoms with Crippen LogP contribution in [0.4, 0.5) is 0 Å². The number of fused-ring (bicyclic) bond motifs is 1. The molecule has 2 fully saturated rings. The smallest absolute Gasteiger partial charge is 0.280 e. The van der Waals surface area contributed by atoms with E-state index in [0.29, 0.717) is 15.7 Å². The molecule has 188 valence electrons. The molecule has 8 nitrogen and oxygen atoms in total. The first-order valence-corrected chi connectivity index (χ1v) is 13.0. The minimum atomic E-state index is -0.180. The molecule has 2 aliphatic rings. The first-order valence-electron chi connectivity index (χ1n) is 11.7. The van der Waals surface area contributed by atoms with Crippen LogP contribution in [-0.2, 0) is 11.3 Å². The molecule has 3 N–H and O–H groups in total. The van der Waals surface area contributed by atoms with E-state index in [2.05, 4.69) is 25.5 Å². The number of benzene rings is 1. The van der Waals surface area contributed by atoms with Crippen LogP contribution < -0.4 is 10.6 Å². The maximum atomic E-state index is 12.9. The summed E-state index contributed by atoms with van der Waals surface area (Å²) in [4.78, 5) is 35.9. The number of carbonyl (C=O) groups excluding carboxylic acids is 2. The monoisotopic (exact) mass is 537 g/mol. The van der Waals surface area contributed by atoms with Crippen LogP contribution in [0.3, 0.4) is 0 Å². The van der Waals surface area contributed by atoms with Gasteiger partial charge in [0.15, 0.2) is 5.01 Å². The molecule has 1 aromatic carbocycles. The molecule has 0 radical (unpaired) electrons. The Morgan fingerprint density at radius 1 is 1.11 bits per heavy atom. The minimum absolute atomic E-state index is 0. The van der Waals surface area contributed by atoms with Crippen LogP contribution in [0.2, 0.25) is 5.02 Å². The third-order valence-corrected chi connectivity index (χ3v) is 7.59. The van der Waals surface area contributed by atoms with Crippen molar-refractivity contribution in [3.8, 4) is 0 Å². The Bertz CT molecular complexity index is 1180. The van der Waals surface area contributed by atoms with Crippen molar-refractivity contribution in [2.75, 3.05) is 26.3 Å². The Kier molecular flexibility index (Phi) is 8.67. The van der Waals surface area contributed by atoms with E-state index in [1.165, 1.54) is 11.3 Å². The van der Waals surface area contributed by atoms with Crippen LogP contribution in [0.1, 0.15) is 51.7 Å². The molecular weight excluding hydrogens is 509 g/mol. The van der Waals surface area contributed by atoms with Crippen molar-refractivity contribution in [3.05, 3.63) is 51.1 Å². The topological polar surface area (TPSA) is 99.3 Å². The fourth-order valence-electron chi connectivity index (χ4n) is 4.65. The molecule has 11 heteroatoms. The van der Waals surface area contributed by atoms with Crippen molar-refractivity contribution >= 4 is 58.1 Å². The molecular formula is C24H29Cl2N5O3S. The van der Waals surface area contributed by atoms with Crippen LogP contribution in [0.25, 0.3) is 10.9 Å². The second kappa shape index (κ2) is 11.7. The summed E-state index contributed by atoms with van der Waals surface area (Å²) in [5.74, 6) is -0.356. The number of aromatic nitrogens is 2. The largest absolute Gasteiger partial charge is 0.379 e. The van der Waals surface area contributed by atoms with E-state index in [1.807, 2.05) is 17.5 Å².